The summed E-state index contributed by atoms with van der Waals surface area (Å²) in [4.78, 5) is 14.8. The second-order valence-electron chi connectivity index (χ2n) is 4.03. The molecule has 0 atom stereocenters. The average Bonchev–Trinajstić information content (AvgIpc) is 2.90. The standard InChI is InChI=1S/C12H16BrNO2S/c13-5-8-16-10-3-6-14(7-4-10)12(15)11-2-1-9-17-11/h1-2,9-10H,3-8H2. The maximum absolute atomic E-state index is 12.1. The van der Waals surface area contributed by atoms with Crippen molar-refractivity contribution in [2.75, 3.05) is 25.0 Å². The topological polar surface area (TPSA) is 29.5 Å². The van der Waals surface area contributed by atoms with Gasteiger partial charge in [-0.2, -0.15) is 0 Å². The number of ether oxygens (including phenoxy) is 1. The molecule has 0 unspecified atom stereocenters. The fourth-order valence-corrected chi connectivity index (χ4v) is 2.87. The van der Waals surface area contributed by atoms with Crippen molar-refractivity contribution in [2.45, 2.75) is 18.9 Å². The quantitative estimate of drug-likeness (QED) is 0.799. The Balaban J connectivity index is 1.81. The fraction of sp³-hybridized carbons (Fsp3) is 0.583. The normalized spacial score (nSPS) is 17.4. The van der Waals surface area contributed by atoms with Crippen molar-refractivity contribution in [1.82, 2.24) is 4.90 Å². The molecular weight excluding hydrogens is 302 g/mol. The van der Waals surface area contributed by atoms with Gasteiger partial charge in [-0.25, -0.2) is 0 Å². The van der Waals surface area contributed by atoms with E-state index in [2.05, 4.69) is 15.9 Å². The molecule has 0 aromatic carbocycles. The third-order valence-electron chi connectivity index (χ3n) is 2.89. The third kappa shape index (κ3) is 3.53. The molecule has 1 saturated heterocycles. The van der Waals surface area contributed by atoms with Crippen LogP contribution in [0.15, 0.2) is 17.5 Å². The molecule has 17 heavy (non-hydrogen) atoms. The van der Waals surface area contributed by atoms with E-state index in [0.717, 1.165) is 42.7 Å². The van der Waals surface area contributed by atoms with Gasteiger partial charge in [-0.15, -0.1) is 11.3 Å². The lowest BCUT2D eigenvalue weighted by molar-refractivity contribution is 0.0161. The molecular formula is C12H16BrNO2S. The summed E-state index contributed by atoms with van der Waals surface area (Å²) in [6.45, 7) is 2.37. The van der Waals surface area contributed by atoms with Crippen LogP contribution in [0.4, 0.5) is 0 Å². The van der Waals surface area contributed by atoms with Gasteiger partial charge in [0, 0.05) is 18.4 Å². The van der Waals surface area contributed by atoms with Gasteiger partial charge < -0.3 is 9.64 Å². The van der Waals surface area contributed by atoms with Crippen molar-refractivity contribution in [3.05, 3.63) is 22.4 Å². The monoisotopic (exact) mass is 317 g/mol. The first-order chi connectivity index (χ1) is 8.31. The summed E-state index contributed by atoms with van der Waals surface area (Å²) in [5, 5.41) is 2.82. The van der Waals surface area contributed by atoms with Gasteiger partial charge in [-0.1, -0.05) is 22.0 Å². The van der Waals surface area contributed by atoms with Crippen molar-refractivity contribution < 1.29 is 9.53 Å². The molecule has 1 aliphatic rings. The van der Waals surface area contributed by atoms with E-state index in [1.165, 1.54) is 11.3 Å². The van der Waals surface area contributed by atoms with Crippen LogP contribution >= 0.6 is 27.3 Å². The van der Waals surface area contributed by atoms with E-state index < -0.39 is 0 Å². The number of nitrogens with zero attached hydrogens (tertiary/aromatic N) is 1. The zero-order valence-corrected chi connectivity index (χ0v) is 12.0. The lowest BCUT2D eigenvalue weighted by Gasteiger charge is -2.31. The Hall–Kier alpha value is -0.390. The van der Waals surface area contributed by atoms with E-state index in [1.54, 1.807) is 0 Å². The first-order valence-electron chi connectivity index (χ1n) is 5.81. The second-order valence-corrected chi connectivity index (χ2v) is 5.77. The Morgan fingerprint density at radius 2 is 2.29 bits per heavy atom. The van der Waals surface area contributed by atoms with Crippen LogP contribution in [0.2, 0.25) is 0 Å². The SMILES string of the molecule is O=C(c1cccs1)N1CCC(OCCBr)CC1. The maximum atomic E-state index is 12.1. The minimum Gasteiger partial charge on any atom is -0.377 e. The molecule has 2 rings (SSSR count). The first kappa shape index (κ1) is 13.1. The summed E-state index contributed by atoms with van der Waals surface area (Å²) in [5.74, 6) is 0.166. The summed E-state index contributed by atoms with van der Waals surface area (Å²) in [5.41, 5.74) is 0. The molecule has 0 N–H and O–H groups in total. The van der Waals surface area contributed by atoms with Gasteiger partial charge in [-0.3, -0.25) is 4.79 Å². The number of carbonyl (C=O) groups is 1. The third-order valence-corrected chi connectivity index (χ3v) is 4.07. The van der Waals surface area contributed by atoms with Crippen LogP contribution in [0.5, 0.6) is 0 Å². The number of alkyl halides is 1. The van der Waals surface area contributed by atoms with Crippen molar-refractivity contribution in [1.29, 1.82) is 0 Å². The number of carbonyl (C=O) groups excluding carboxylic acids is 1. The van der Waals surface area contributed by atoms with Crippen LogP contribution in [0.1, 0.15) is 22.5 Å². The molecule has 0 radical (unpaired) electrons. The molecule has 0 spiro atoms. The van der Waals surface area contributed by atoms with Crippen LogP contribution in [0.25, 0.3) is 0 Å². The fourth-order valence-electron chi connectivity index (χ4n) is 1.99. The van der Waals surface area contributed by atoms with Crippen molar-refractivity contribution in [3.8, 4) is 0 Å². The number of hydrogen-bond acceptors (Lipinski definition) is 3. The number of halogens is 1. The van der Waals surface area contributed by atoms with E-state index in [9.17, 15) is 4.79 Å². The number of thiophene rings is 1. The molecule has 94 valence electrons. The van der Waals surface area contributed by atoms with E-state index in [0.29, 0.717) is 6.10 Å². The lowest BCUT2D eigenvalue weighted by Crippen LogP contribution is -2.40. The largest absolute Gasteiger partial charge is 0.377 e. The summed E-state index contributed by atoms with van der Waals surface area (Å²) < 4.78 is 5.67. The number of rotatable bonds is 4. The molecule has 0 bridgehead atoms. The first-order valence-corrected chi connectivity index (χ1v) is 7.81. The van der Waals surface area contributed by atoms with Gasteiger partial charge in [0.15, 0.2) is 0 Å². The molecule has 1 fully saturated rings. The van der Waals surface area contributed by atoms with E-state index >= 15 is 0 Å². The van der Waals surface area contributed by atoms with Crippen molar-refractivity contribution in [3.63, 3.8) is 0 Å². The molecule has 1 aromatic rings. The van der Waals surface area contributed by atoms with Crippen LogP contribution < -0.4 is 0 Å². The van der Waals surface area contributed by atoms with Crippen molar-refractivity contribution >= 4 is 33.2 Å². The van der Waals surface area contributed by atoms with Crippen LogP contribution in [0, 0.1) is 0 Å². The summed E-state index contributed by atoms with van der Waals surface area (Å²) in [7, 11) is 0. The molecule has 0 saturated carbocycles. The van der Waals surface area contributed by atoms with Gasteiger partial charge in [0.25, 0.3) is 5.91 Å². The Kier molecular flexibility index (Phi) is 5.00. The minimum absolute atomic E-state index is 0.166. The van der Waals surface area contributed by atoms with Gasteiger partial charge in [-0.05, 0) is 24.3 Å². The highest BCUT2D eigenvalue weighted by molar-refractivity contribution is 9.09. The Morgan fingerprint density at radius 1 is 1.53 bits per heavy atom. The van der Waals surface area contributed by atoms with E-state index in [1.807, 2.05) is 22.4 Å². The average molecular weight is 318 g/mol. The predicted molar refractivity (Wildman–Crippen MR) is 73.0 cm³/mol. The van der Waals surface area contributed by atoms with Gasteiger partial charge in [0.05, 0.1) is 17.6 Å². The summed E-state index contributed by atoms with van der Waals surface area (Å²) in [6.07, 6.45) is 2.22. The molecule has 1 amide bonds. The Bertz CT molecular complexity index is 347. The smallest absolute Gasteiger partial charge is 0.263 e. The highest BCUT2D eigenvalue weighted by Crippen LogP contribution is 2.18. The second kappa shape index (κ2) is 6.52. The van der Waals surface area contributed by atoms with Crippen molar-refractivity contribution in [2.24, 2.45) is 0 Å². The molecule has 5 heteroatoms. The zero-order valence-electron chi connectivity index (χ0n) is 9.60. The van der Waals surface area contributed by atoms with Gasteiger partial charge in [0.1, 0.15) is 0 Å². The van der Waals surface area contributed by atoms with Crippen LogP contribution in [0.3, 0.4) is 0 Å². The number of likely N-dealkylation sites (tertiary alicyclic amines) is 1. The Labute approximate surface area is 114 Å². The molecule has 2 heterocycles. The van der Waals surface area contributed by atoms with E-state index in [-0.39, 0.29) is 5.91 Å². The predicted octanol–water partition coefficient (Wildman–Crippen LogP) is 2.76. The highest BCUT2D eigenvalue weighted by atomic mass is 79.9. The van der Waals surface area contributed by atoms with E-state index in [4.69, 9.17) is 4.74 Å². The lowest BCUT2D eigenvalue weighted by atomic mass is 10.1. The van der Waals surface area contributed by atoms with Gasteiger partial charge >= 0.3 is 0 Å². The molecule has 1 aromatic heterocycles. The number of amides is 1. The highest BCUT2D eigenvalue weighted by Gasteiger charge is 2.24. The molecule has 0 aliphatic carbocycles. The maximum Gasteiger partial charge on any atom is 0.263 e. The van der Waals surface area contributed by atoms with Gasteiger partial charge in [0.2, 0.25) is 0 Å². The molecule has 3 nitrogen and oxygen atoms in total. The van der Waals surface area contributed by atoms with Crippen LogP contribution in [-0.2, 0) is 4.74 Å². The van der Waals surface area contributed by atoms with Crippen LogP contribution in [-0.4, -0.2) is 41.9 Å². The molecule has 1 aliphatic heterocycles. The number of piperidine rings is 1. The Morgan fingerprint density at radius 3 is 2.88 bits per heavy atom. The summed E-state index contributed by atoms with van der Waals surface area (Å²) >= 11 is 4.86. The zero-order chi connectivity index (χ0) is 12.1. The minimum atomic E-state index is 0.166. The number of hydrogen-bond donors (Lipinski definition) is 0. The summed E-state index contributed by atoms with van der Waals surface area (Å²) in [6, 6.07) is 3.81.